The lowest BCUT2D eigenvalue weighted by atomic mass is 10.2. The number of sulfone groups is 1. The van der Waals surface area contributed by atoms with Crippen LogP contribution in [0, 0.1) is 11.3 Å². The van der Waals surface area contributed by atoms with Crippen LogP contribution in [0.3, 0.4) is 0 Å². The van der Waals surface area contributed by atoms with Crippen LogP contribution in [0.25, 0.3) is 0 Å². The number of halogens is 1. The third kappa shape index (κ3) is 3.57. The highest BCUT2D eigenvalue weighted by molar-refractivity contribution is 7.89. The number of benzene rings is 1. The van der Waals surface area contributed by atoms with Gasteiger partial charge in [-0.15, -0.1) is 0 Å². The van der Waals surface area contributed by atoms with E-state index in [1.54, 1.807) is 22.9 Å². The normalized spacial score (nSPS) is 17.1. The summed E-state index contributed by atoms with van der Waals surface area (Å²) in [4.78, 5) is 0. The molecule has 0 amide bonds. The Labute approximate surface area is 157 Å². The Kier molecular flexibility index (Phi) is 4.20. The molecule has 0 radical (unpaired) electrons. The highest BCUT2D eigenvalue weighted by Gasteiger charge is 2.39. The van der Waals surface area contributed by atoms with Crippen molar-refractivity contribution in [1.29, 1.82) is 5.26 Å². The van der Waals surface area contributed by atoms with E-state index in [0.29, 0.717) is 28.0 Å². The van der Waals surface area contributed by atoms with Gasteiger partial charge in [-0.05, 0) is 37.8 Å². The molecule has 0 N–H and O–H groups in total. The van der Waals surface area contributed by atoms with Crippen molar-refractivity contribution in [3.63, 3.8) is 0 Å². The standard InChI is InChI=1S/C18H18ClN3O3S/c1-26(23,24)10-22-17(12-4-5-12)18(16(21-22)11-2-3-11)25-14-7-6-13(9-20)15(19)8-14/h6-8,11-12H,2-5,10H2,1H3. The minimum atomic E-state index is -3.21. The van der Waals surface area contributed by atoms with Crippen LogP contribution in [-0.4, -0.2) is 24.5 Å². The average molecular weight is 392 g/mol. The molecule has 2 aliphatic rings. The van der Waals surface area contributed by atoms with Gasteiger partial charge in [-0.1, -0.05) is 11.6 Å². The zero-order valence-electron chi connectivity index (χ0n) is 14.3. The molecule has 2 aliphatic carbocycles. The van der Waals surface area contributed by atoms with E-state index >= 15 is 0 Å². The molecule has 1 aromatic carbocycles. The zero-order valence-corrected chi connectivity index (χ0v) is 15.8. The van der Waals surface area contributed by atoms with Crippen LogP contribution in [-0.2, 0) is 15.7 Å². The summed E-state index contributed by atoms with van der Waals surface area (Å²) in [6.07, 6.45) is 5.28. The Balaban J connectivity index is 1.76. The number of aromatic nitrogens is 2. The molecule has 0 saturated heterocycles. The van der Waals surface area contributed by atoms with Crippen LogP contribution in [0.15, 0.2) is 18.2 Å². The molecule has 6 nitrogen and oxygen atoms in total. The Morgan fingerprint density at radius 1 is 1.31 bits per heavy atom. The van der Waals surface area contributed by atoms with E-state index in [1.807, 2.05) is 6.07 Å². The smallest absolute Gasteiger partial charge is 0.172 e. The Morgan fingerprint density at radius 2 is 2.00 bits per heavy atom. The van der Waals surface area contributed by atoms with Gasteiger partial charge in [0.15, 0.2) is 15.6 Å². The SMILES string of the molecule is CS(=O)(=O)Cn1nc(C2CC2)c(Oc2ccc(C#N)c(Cl)c2)c1C1CC1. The molecule has 26 heavy (non-hydrogen) atoms. The lowest BCUT2D eigenvalue weighted by Gasteiger charge is -2.10. The number of nitrogens with zero attached hydrogens (tertiary/aromatic N) is 3. The van der Waals surface area contributed by atoms with Crippen LogP contribution in [0.4, 0.5) is 0 Å². The van der Waals surface area contributed by atoms with Gasteiger partial charge in [0.2, 0.25) is 0 Å². The fraction of sp³-hybridized carbons (Fsp3) is 0.444. The van der Waals surface area contributed by atoms with E-state index in [0.717, 1.165) is 37.1 Å². The first kappa shape index (κ1) is 17.4. The molecule has 0 bridgehead atoms. The van der Waals surface area contributed by atoms with E-state index < -0.39 is 9.84 Å². The molecule has 0 atom stereocenters. The second-order valence-electron chi connectivity index (χ2n) is 7.06. The minimum absolute atomic E-state index is 0.143. The topological polar surface area (TPSA) is 85.0 Å². The van der Waals surface area contributed by atoms with Crippen molar-refractivity contribution in [3.05, 3.63) is 40.2 Å². The predicted octanol–water partition coefficient (Wildman–Crippen LogP) is 3.96. The van der Waals surface area contributed by atoms with Crippen LogP contribution >= 0.6 is 11.6 Å². The van der Waals surface area contributed by atoms with E-state index in [9.17, 15) is 8.42 Å². The molecule has 136 valence electrons. The number of rotatable bonds is 6. The highest BCUT2D eigenvalue weighted by atomic mass is 35.5. The maximum atomic E-state index is 11.8. The summed E-state index contributed by atoms with van der Waals surface area (Å²) in [7, 11) is -3.21. The van der Waals surface area contributed by atoms with Gasteiger partial charge in [0.1, 0.15) is 23.4 Å². The van der Waals surface area contributed by atoms with Crippen molar-refractivity contribution in [3.8, 4) is 17.6 Å². The van der Waals surface area contributed by atoms with Crippen LogP contribution < -0.4 is 4.74 Å². The summed E-state index contributed by atoms with van der Waals surface area (Å²) in [6.45, 7) is 0. The first-order valence-electron chi connectivity index (χ1n) is 8.51. The van der Waals surface area contributed by atoms with E-state index in [1.165, 1.54) is 6.26 Å². The fourth-order valence-electron chi connectivity index (χ4n) is 3.05. The lowest BCUT2D eigenvalue weighted by molar-refractivity contribution is 0.468. The van der Waals surface area contributed by atoms with Crippen molar-refractivity contribution in [2.45, 2.75) is 43.4 Å². The molecule has 0 unspecified atom stereocenters. The molecule has 4 rings (SSSR count). The van der Waals surface area contributed by atoms with Gasteiger partial charge in [-0.2, -0.15) is 10.4 Å². The molecule has 8 heteroatoms. The first-order valence-corrected chi connectivity index (χ1v) is 11.0. The predicted molar refractivity (Wildman–Crippen MR) is 97.3 cm³/mol. The van der Waals surface area contributed by atoms with E-state index in [4.69, 9.17) is 21.6 Å². The van der Waals surface area contributed by atoms with Gasteiger partial charge in [0.25, 0.3) is 0 Å². The molecule has 0 spiro atoms. The summed E-state index contributed by atoms with van der Waals surface area (Å²) in [5.74, 6) is 1.64. The number of ether oxygens (including phenoxy) is 1. The van der Waals surface area contributed by atoms with E-state index in [-0.39, 0.29) is 11.8 Å². The summed E-state index contributed by atoms with van der Waals surface area (Å²) in [5, 5.41) is 13.9. The van der Waals surface area contributed by atoms with Crippen LogP contribution in [0.2, 0.25) is 5.02 Å². The molecule has 2 fully saturated rings. The second-order valence-corrected chi connectivity index (χ2v) is 9.57. The van der Waals surface area contributed by atoms with Gasteiger partial charge < -0.3 is 4.74 Å². The van der Waals surface area contributed by atoms with Gasteiger partial charge in [0, 0.05) is 24.2 Å². The molecule has 2 saturated carbocycles. The fourth-order valence-corrected chi connectivity index (χ4v) is 3.90. The molecular weight excluding hydrogens is 374 g/mol. The molecule has 2 aromatic rings. The number of hydrogen-bond acceptors (Lipinski definition) is 5. The molecule has 1 aromatic heterocycles. The van der Waals surface area contributed by atoms with Crippen molar-refractivity contribution < 1.29 is 13.2 Å². The van der Waals surface area contributed by atoms with Gasteiger partial charge in [0.05, 0.1) is 16.3 Å². The van der Waals surface area contributed by atoms with Crippen molar-refractivity contribution in [2.24, 2.45) is 0 Å². The first-order chi connectivity index (χ1) is 12.4. The number of nitriles is 1. The second kappa shape index (κ2) is 6.29. The summed E-state index contributed by atoms with van der Waals surface area (Å²) in [6, 6.07) is 6.95. The van der Waals surface area contributed by atoms with Gasteiger partial charge in [-0.3, -0.25) is 0 Å². The van der Waals surface area contributed by atoms with Gasteiger partial charge >= 0.3 is 0 Å². The Hall–Kier alpha value is -2.04. The summed E-state index contributed by atoms with van der Waals surface area (Å²) < 4.78 is 31.4. The molecular formula is C18H18ClN3O3S. The third-order valence-electron chi connectivity index (χ3n) is 4.54. The van der Waals surface area contributed by atoms with Gasteiger partial charge in [-0.25, -0.2) is 13.1 Å². The lowest BCUT2D eigenvalue weighted by Crippen LogP contribution is -2.13. The summed E-state index contributed by atoms with van der Waals surface area (Å²) in [5.41, 5.74) is 2.07. The quantitative estimate of drug-likeness (QED) is 0.744. The summed E-state index contributed by atoms with van der Waals surface area (Å²) >= 11 is 6.11. The van der Waals surface area contributed by atoms with E-state index in [2.05, 4.69) is 5.10 Å². The molecule has 0 aliphatic heterocycles. The zero-order chi connectivity index (χ0) is 18.5. The monoisotopic (exact) mass is 391 g/mol. The minimum Gasteiger partial charge on any atom is -0.453 e. The molecule has 1 heterocycles. The maximum Gasteiger partial charge on any atom is 0.172 e. The third-order valence-corrected chi connectivity index (χ3v) is 5.56. The largest absolute Gasteiger partial charge is 0.453 e. The van der Waals surface area contributed by atoms with Crippen LogP contribution in [0.5, 0.6) is 11.5 Å². The van der Waals surface area contributed by atoms with Crippen molar-refractivity contribution >= 4 is 21.4 Å². The number of hydrogen-bond donors (Lipinski definition) is 0. The average Bonchev–Trinajstić information content (AvgIpc) is 3.46. The highest BCUT2D eigenvalue weighted by Crippen LogP contribution is 2.52. The van der Waals surface area contributed by atoms with Crippen LogP contribution in [0.1, 0.15) is 54.5 Å². The maximum absolute atomic E-state index is 11.8. The van der Waals surface area contributed by atoms with Crippen molar-refractivity contribution in [1.82, 2.24) is 9.78 Å². The van der Waals surface area contributed by atoms with Crippen molar-refractivity contribution in [2.75, 3.05) is 6.26 Å². The Bertz CT molecular complexity index is 1020. The Morgan fingerprint density at radius 3 is 2.54 bits per heavy atom.